The maximum atomic E-state index is 9.45. The second-order valence-corrected chi connectivity index (χ2v) is 4.73. The zero-order valence-electron chi connectivity index (χ0n) is 8.51. The van der Waals surface area contributed by atoms with Crippen molar-refractivity contribution < 1.29 is 9.52 Å². The smallest absolute Gasteiger partial charge is 0.169 e. The molecule has 3 nitrogen and oxygen atoms in total. The molecule has 0 atom stereocenters. The fourth-order valence-corrected chi connectivity index (χ4v) is 1.39. The second kappa shape index (κ2) is 4.96. The minimum atomic E-state index is -0.600. The van der Waals surface area contributed by atoms with Crippen LogP contribution in [0, 0.1) is 0 Å². The summed E-state index contributed by atoms with van der Waals surface area (Å²) in [4.78, 5) is 0. The molecule has 0 spiro atoms. The fraction of sp³-hybridized carbons (Fsp3) is 0.600. The lowest BCUT2D eigenvalue weighted by atomic mass is 10.1. The molecule has 0 unspecified atom stereocenters. The van der Waals surface area contributed by atoms with Crippen LogP contribution in [0.15, 0.2) is 21.2 Å². The Morgan fingerprint density at radius 3 is 2.71 bits per heavy atom. The normalized spacial score (nSPS) is 12.0. The molecule has 0 saturated heterocycles. The summed E-state index contributed by atoms with van der Waals surface area (Å²) in [6, 6.07) is 3.79. The number of rotatable bonds is 5. The van der Waals surface area contributed by atoms with Gasteiger partial charge in [-0.3, -0.25) is 0 Å². The summed E-state index contributed by atoms with van der Waals surface area (Å²) in [7, 11) is 0. The standard InChI is InChI=1S/C10H16BrNO2/c1-10(2,13)5-6-12-7-8-3-4-9(11)14-8/h3-4,12-13H,5-7H2,1-2H3. The Hall–Kier alpha value is -0.320. The minimum absolute atomic E-state index is 0.600. The highest BCUT2D eigenvalue weighted by molar-refractivity contribution is 9.10. The van der Waals surface area contributed by atoms with Gasteiger partial charge in [-0.05, 0) is 54.9 Å². The largest absolute Gasteiger partial charge is 0.453 e. The van der Waals surface area contributed by atoms with E-state index >= 15 is 0 Å². The zero-order chi connectivity index (χ0) is 10.6. The average molecular weight is 262 g/mol. The summed E-state index contributed by atoms with van der Waals surface area (Å²) in [6.07, 6.45) is 0.731. The predicted molar refractivity (Wildman–Crippen MR) is 59.0 cm³/mol. The molecule has 0 fully saturated rings. The van der Waals surface area contributed by atoms with Crippen LogP contribution < -0.4 is 5.32 Å². The molecule has 0 bridgehead atoms. The summed E-state index contributed by atoms with van der Waals surface area (Å²) in [5.41, 5.74) is -0.600. The fourth-order valence-electron chi connectivity index (χ4n) is 1.05. The van der Waals surface area contributed by atoms with E-state index < -0.39 is 5.60 Å². The van der Waals surface area contributed by atoms with Crippen LogP contribution in [0.4, 0.5) is 0 Å². The third-order valence-electron chi connectivity index (χ3n) is 1.84. The van der Waals surface area contributed by atoms with Crippen LogP contribution in [0.1, 0.15) is 26.0 Å². The molecule has 1 heterocycles. The van der Waals surface area contributed by atoms with Crippen molar-refractivity contribution in [3.05, 3.63) is 22.6 Å². The van der Waals surface area contributed by atoms with Crippen molar-refractivity contribution in [3.63, 3.8) is 0 Å². The first-order valence-corrected chi connectivity index (χ1v) is 5.44. The lowest BCUT2D eigenvalue weighted by Gasteiger charge is -2.16. The van der Waals surface area contributed by atoms with Gasteiger partial charge in [0.05, 0.1) is 12.1 Å². The van der Waals surface area contributed by atoms with E-state index in [1.807, 2.05) is 12.1 Å². The molecule has 0 aliphatic carbocycles. The molecule has 0 saturated carbocycles. The highest BCUT2D eigenvalue weighted by atomic mass is 79.9. The Morgan fingerprint density at radius 2 is 2.21 bits per heavy atom. The third kappa shape index (κ3) is 4.79. The van der Waals surface area contributed by atoms with E-state index in [1.165, 1.54) is 0 Å². The first-order valence-electron chi connectivity index (χ1n) is 4.65. The molecule has 0 aliphatic heterocycles. The second-order valence-electron chi connectivity index (χ2n) is 3.95. The average Bonchev–Trinajstić information content (AvgIpc) is 2.44. The number of aliphatic hydroxyl groups is 1. The van der Waals surface area contributed by atoms with Gasteiger partial charge in [-0.25, -0.2) is 0 Å². The molecule has 0 aromatic carbocycles. The van der Waals surface area contributed by atoms with Crippen molar-refractivity contribution in [2.75, 3.05) is 6.54 Å². The van der Waals surface area contributed by atoms with Gasteiger partial charge in [-0.15, -0.1) is 0 Å². The first kappa shape index (κ1) is 11.8. The Kier molecular flexibility index (Phi) is 4.16. The Morgan fingerprint density at radius 1 is 1.50 bits per heavy atom. The highest BCUT2D eigenvalue weighted by Gasteiger charge is 2.11. The zero-order valence-corrected chi connectivity index (χ0v) is 10.1. The minimum Gasteiger partial charge on any atom is -0.453 e. The monoisotopic (exact) mass is 261 g/mol. The number of halogens is 1. The lowest BCUT2D eigenvalue weighted by molar-refractivity contribution is 0.0710. The van der Waals surface area contributed by atoms with E-state index in [4.69, 9.17) is 4.42 Å². The van der Waals surface area contributed by atoms with Gasteiger partial charge in [0.1, 0.15) is 5.76 Å². The molecule has 1 rings (SSSR count). The SMILES string of the molecule is CC(C)(O)CCNCc1ccc(Br)o1. The first-order chi connectivity index (χ1) is 6.47. The molecule has 1 aromatic heterocycles. The number of nitrogens with one attached hydrogen (secondary N) is 1. The van der Waals surface area contributed by atoms with Crippen LogP contribution in [0.2, 0.25) is 0 Å². The topological polar surface area (TPSA) is 45.4 Å². The van der Waals surface area contributed by atoms with Gasteiger partial charge in [0.15, 0.2) is 4.67 Å². The summed E-state index contributed by atoms with van der Waals surface area (Å²) < 4.78 is 6.05. The molecule has 0 amide bonds. The van der Waals surface area contributed by atoms with Crippen LogP contribution in [-0.2, 0) is 6.54 Å². The van der Waals surface area contributed by atoms with Gasteiger partial charge < -0.3 is 14.8 Å². The van der Waals surface area contributed by atoms with Gasteiger partial charge >= 0.3 is 0 Å². The number of furan rings is 1. The van der Waals surface area contributed by atoms with Crippen molar-refractivity contribution in [2.45, 2.75) is 32.4 Å². The van der Waals surface area contributed by atoms with Crippen LogP contribution in [0.3, 0.4) is 0 Å². The Labute approximate surface area is 92.6 Å². The highest BCUT2D eigenvalue weighted by Crippen LogP contribution is 2.13. The maximum Gasteiger partial charge on any atom is 0.169 e. The number of hydrogen-bond donors (Lipinski definition) is 2. The molecule has 80 valence electrons. The molecule has 4 heteroatoms. The Bertz CT molecular complexity index is 278. The molecule has 0 radical (unpaired) electrons. The van der Waals surface area contributed by atoms with Crippen molar-refractivity contribution in [1.82, 2.24) is 5.32 Å². The van der Waals surface area contributed by atoms with E-state index in [1.54, 1.807) is 13.8 Å². The third-order valence-corrected chi connectivity index (χ3v) is 2.27. The van der Waals surface area contributed by atoms with E-state index in [-0.39, 0.29) is 0 Å². The van der Waals surface area contributed by atoms with Gasteiger partial charge in [0.25, 0.3) is 0 Å². The van der Waals surface area contributed by atoms with Crippen molar-refractivity contribution >= 4 is 15.9 Å². The summed E-state index contributed by atoms with van der Waals surface area (Å²) in [5.74, 6) is 0.896. The molecular formula is C10H16BrNO2. The number of hydrogen-bond acceptors (Lipinski definition) is 3. The summed E-state index contributed by atoms with van der Waals surface area (Å²) in [5, 5.41) is 12.6. The van der Waals surface area contributed by atoms with Gasteiger partial charge in [0.2, 0.25) is 0 Å². The van der Waals surface area contributed by atoms with Crippen LogP contribution in [0.5, 0.6) is 0 Å². The molecule has 1 aromatic rings. The van der Waals surface area contributed by atoms with Crippen LogP contribution in [-0.4, -0.2) is 17.3 Å². The maximum absolute atomic E-state index is 9.45. The summed E-state index contributed by atoms with van der Waals surface area (Å²) in [6.45, 7) is 5.08. The van der Waals surface area contributed by atoms with E-state index in [9.17, 15) is 5.11 Å². The molecule has 14 heavy (non-hydrogen) atoms. The predicted octanol–water partition coefficient (Wildman–Crippen LogP) is 2.29. The van der Waals surface area contributed by atoms with E-state index in [2.05, 4.69) is 21.2 Å². The van der Waals surface area contributed by atoms with Gasteiger partial charge in [-0.2, -0.15) is 0 Å². The molecule has 0 aliphatic rings. The van der Waals surface area contributed by atoms with Crippen molar-refractivity contribution in [3.8, 4) is 0 Å². The van der Waals surface area contributed by atoms with Crippen molar-refractivity contribution in [1.29, 1.82) is 0 Å². The van der Waals surface area contributed by atoms with E-state index in [0.717, 1.165) is 23.4 Å². The molecular weight excluding hydrogens is 246 g/mol. The van der Waals surface area contributed by atoms with Crippen molar-refractivity contribution in [2.24, 2.45) is 0 Å². The van der Waals surface area contributed by atoms with E-state index in [0.29, 0.717) is 6.54 Å². The molecule has 2 N–H and O–H groups in total. The summed E-state index contributed by atoms with van der Waals surface area (Å²) >= 11 is 3.24. The van der Waals surface area contributed by atoms with Crippen LogP contribution in [0.25, 0.3) is 0 Å². The quantitative estimate of drug-likeness (QED) is 0.800. The lowest BCUT2D eigenvalue weighted by Crippen LogP contribution is -2.26. The van der Waals surface area contributed by atoms with Gasteiger partial charge in [-0.1, -0.05) is 0 Å². The Balaban J connectivity index is 2.16. The van der Waals surface area contributed by atoms with Crippen LogP contribution >= 0.6 is 15.9 Å². The van der Waals surface area contributed by atoms with Gasteiger partial charge in [0, 0.05) is 0 Å².